The van der Waals surface area contributed by atoms with Crippen molar-refractivity contribution in [2.45, 2.75) is 124 Å². The third kappa shape index (κ3) is 5.97. The van der Waals surface area contributed by atoms with Crippen LogP contribution in [0.5, 0.6) is 0 Å². The van der Waals surface area contributed by atoms with Crippen LogP contribution in [0.25, 0.3) is 0 Å². The Kier molecular flexibility index (Phi) is 8.84. The van der Waals surface area contributed by atoms with Crippen molar-refractivity contribution >= 4 is 0 Å². The molecule has 3 aromatic rings. The summed E-state index contributed by atoms with van der Waals surface area (Å²) >= 11 is 0. The van der Waals surface area contributed by atoms with Crippen molar-refractivity contribution in [1.82, 2.24) is 0 Å². The monoisotopic (exact) mass is 629 g/mol. The quantitative estimate of drug-likeness (QED) is 0.264. The summed E-state index contributed by atoms with van der Waals surface area (Å²) in [6, 6.07) is 33.5. The van der Waals surface area contributed by atoms with E-state index in [0.29, 0.717) is 22.7 Å². The van der Waals surface area contributed by atoms with Crippen molar-refractivity contribution in [3.8, 4) is 0 Å². The average molecular weight is 629 g/mol. The van der Waals surface area contributed by atoms with Crippen molar-refractivity contribution in [2.75, 3.05) is 0 Å². The van der Waals surface area contributed by atoms with Crippen molar-refractivity contribution in [3.05, 3.63) is 107 Å². The zero-order valence-electron chi connectivity index (χ0n) is 31.0. The van der Waals surface area contributed by atoms with Crippen LogP contribution in [0, 0.1) is 65.1 Å². The first-order valence-electron chi connectivity index (χ1n) is 19.5. The predicted molar refractivity (Wildman–Crippen MR) is 201 cm³/mol. The standard InChI is InChI=1S/C47H64/c1-31-23-25-35(26-24-31)47(8,34-21-15-16-22-34)44-40-27-36(32-17-11-9-12-18-32)42(45(2,3)4)29-38(40)39-30-43(46(5,6)7)37(28-41(39)44)33-19-13-10-14-20-33/h9-14,17-20,23-26,34,36-44H,15-16,21-22,27-30H2,1-8H3. The normalized spacial score (nSPS) is 34.4. The van der Waals surface area contributed by atoms with Gasteiger partial charge in [0.2, 0.25) is 0 Å². The zero-order chi connectivity index (χ0) is 33.1. The SMILES string of the molecule is Cc1ccc(C(C)(C2CCCC2)C2C3CC(c4ccccc4)C(C(C)(C)C)CC3C3CC(C(C)(C)C)C(c4ccccc4)CC32)cc1. The number of aryl methyl sites for hydroxylation is 1. The summed E-state index contributed by atoms with van der Waals surface area (Å²) in [7, 11) is 0. The van der Waals surface area contributed by atoms with Crippen molar-refractivity contribution in [2.24, 2.45) is 58.2 Å². The summed E-state index contributed by atoms with van der Waals surface area (Å²) in [5.41, 5.74) is 7.08. The van der Waals surface area contributed by atoms with Crippen LogP contribution in [0.2, 0.25) is 0 Å². The molecule has 0 N–H and O–H groups in total. The van der Waals surface area contributed by atoms with E-state index in [-0.39, 0.29) is 5.41 Å². The van der Waals surface area contributed by atoms with E-state index in [0.717, 1.165) is 47.3 Å². The minimum absolute atomic E-state index is 0.220. The molecule has 9 unspecified atom stereocenters. The first-order chi connectivity index (χ1) is 22.4. The average Bonchev–Trinajstić information content (AvgIpc) is 3.71. The van der Waals surface area contributed by atoms with Gasteiger partial charge in [0.25, 0.3) is 0 Å². The lowest BCUT2D eigenvalue weighted by atomic mass is 9.52. The molecule has 0 heterocycles. The molecule has 0 radical (unpaired) electrons. The van der Waals surface area contributed by atoms with Crippen molar-refractivity contribution in [1.29, 1.82) is 0 Å². The topological polar surface area (TPSA) is 0 Å². The molecular weight excluding hydrogens is 565 g/mol. The van der Waals surface area contributed by atoms with Crippen LogP contribution in [0.15, 0.2) is 84.9 Å². The highest BCUT2D eigenvalue weighted by Gasteiger charge is 2.63. The Morgan fingerprint density at radius 1 is 0.489 bits per heavy atom. The maximum Gasteiger partial charge on any atom is -0.00133 e. The van der Waals surface area contributed by atoms with Crippen LogP contribution in [-0.4, -0.2) is 0 Å². The highest BCUT2D eigenvalue weighted by atomic mass is 14.7. The van der Waals surface area contributed by atoms with Crippen LogP contribution in [0.1, 0.15) is 134 Å². The maximum atomic E-state index is 2.79. The van der Waals surface area contributed by atoms with Crippen LogP contribution in [0.3, 0.4) is 0 Å². The van der Waals surface area contributed by atoms with E-state index in [1.165, 1.54) is 56.9 Å². The largest absolute Gasteiger partial charge is 0.0622 e. The molecule has 4 fully saturated rings. The van der Waals surface area contributed by atoms with Crippen LogP contribution < -0.4 is 0 Å². The van der Waals surface area contributed by atoms with Crippen LogP contribution >= 0.6 is 0 Å². The lowest BCUT2D eigenvalue weighted by Gasteiger charge is -2.52. The van der Waals surface area contributed by atoms with Gasteiger partial charge < -0.3 is 0 Å². The second-order valence-electron chi connectivity index (χ2n) is 19.2. The van der Waals surface area contributed by atoms with Gasteiger partial charge in [0, 0.05) is 0 Å². The summed E-state index contributed by atoms with van der Waals surface area (Å²) in [6.07, 6.45) is 11.2. The van der Waals surface area contributed by atoms with Gasteiger partial charge in [0.05, 0.1) is 0 Å². The van der Waals surface area contributed by atoms with Gasteiger partial charge in [-0.15, -0.1) is 0 Å². The van der Waals surface area contributed by atoms with Gasteiger partial charge >= 0.3 is 0 Å². The van der Waals surface area contributed by atoms with Gasteiger partial charge in [0.15, 0.2) is 0 Å². The van der Waals surface area contributed by atoms with Gasteiger partial charge in [-0.25, -0.2) is 0 Å². The molecule has 7 rings (SSSR count). The van der Waals surface area contributed by atoms with Crippen LogP contribution in [-0.2, 0) is 5.41 Å². The predicted octanol–water partition coefficient (Wildman–Crippen LogP) is 13.0. The Balaban J connectivity index is 1.40. The molecule has 4 aliphatic carbocycles. The summed E-state index contributed by atoms with van der Waals surface area (Å²) in [5.74, 6) is 7.52. The van der Waals surface area contributed by atoms with E-state index < -0.39 is 0 Å². The second-order valence-corrected chi connectivity index (χ2v) is 19.2. The molecular formula is C47H64. The van der Waals surface area contributed by atoms with E-state index in [2.05, 4.69) is 140 Å². The van der Waals surface area contributed by atoms with E-state index in [1.54, 1.807) is 16.7 Å². The summed E-state index contributed by atoms with van der Waals surface area (Å²) in [6.45, 7) is 20.4. The fraction of sp³-hybridized carbons (Fsp3) is 0.617. The summed E-state index contributed by atoms with van der Waals surface area (Å²) < 4.78 is 0. The second kappa shape index (κ2) is 12.5. The Bertz CT molecular complexity index is 1380. The Hall–Kier alpha value is -2.34. The zero-order valence-corrected chi connectivity index (χ0v) is 31.0. The summed E-state index contributed by atoms with van der Waals surface area (Å²) in [5, 5.41) is 0. The number of benzene rings is 3. The molecule has 47 heavy (non-hydrogen) atoms. The Morgan fingerprint density at radius 3 is 1.32 bits per heavy atom. The highest BCUT2D eigenvalue weighted by molar-refractivity contribution is 5.34. The van der Waals surface area contributed by atoms with E-state index in [4.69, 9.17) is 0 Å². The fourth-order valence-corrected chi connectivity index (χ4v) is 12.7. The Morgan fingerprint density at radius 2 is 0.915 bits per heavy atom. The van der Waals surface area contributed by atoms with Gasteiger partial charge in [-0.1, -0.05) is 152 Å². The van der Waals surface area contributed by atoms with Crippen molar-refractivity contribution in [3.63, 3.8) is 0 Å². The third-order valence-corrected chi connectivity index (χ3v) is 14.9. The maximum absolute atomic E-state index is 2.79. The third-order valence-electron chi connectivity index (χ3n) is 14.9. The van der Waals surface area contributed by atoms with Crippen LogP contribution in [0.4, 0.5) is 0 Å². The first-order valence-corrected chi connectivity index (χ1v) is 19.5. The fourth-order valence-electron chi connectivity index (χ4n) is 12.7. The lowest BCUT2D eigenvalue weighted by molar-refractivity contribution is 0.0336. The lowest BCUT2D eigenvalue weighted by Crippen LogP contribution is -2.47. The number of hydrogen-bond acceptors (Lipinski definition) is 0. The molecule has 4 aliphatic rings. The molecule has 9 atom stereocenters. The minimum atomic E-state index is 0.220. The van der Waals surface area contributed by atoms with Crippen molar-refractivity contribution < 1.29 is 0 Å². The molecule has 0 aromatic heterocycles. The molecule has 0 bridgehead atoms. The van der Waals surface area contributed by atoms with Gasteiger partial charge in [-0.2, -0.15) is 0 Å². The highest BCUT2D eigenvalue weighted by Crippen LogP contribution is 2.70. The van der Waals surface area contributed by atoms with E-state index in [1.807, 2.05) is 0 Å². The van der Waals surface area contributed by atoms with E-state index in [9.17, 15) is 0 Å². The molecule has 0 spiro atoms. The molecule has 3 aromatic carbocycles. The van der Waals surface area contributed by atoms with Gasteiger partial charge in [0.1, 0.15) is 0 Å². The summed E-state index contributed by atoms with van der Waals surface area (Å²) in [4.78, 5) is 0. The molecule has 0 aliphatic heterocycles. The number of fused-ring (bicyclic) bond motifs is 3. The minimum Gasteiger partial charge on any atom is -0.0622 e. The number of hydrogen-bond donors (Lipinski definition) is 0. The molecule has 0 heteroatoms. The molecule has 252 valence electrons. The number of rotatable bonds is 5. The van der Waals surface area contributed by atoms with E-state index >= 15 is 0 Å². The Labute approximate surface area is 288 Å². The molecule has 0 saturated heterocycles. The molecule has 0 nitrogen and oxygen atoms in total. The first kappa shape index (κ1) is 33.2. The smallest absolute Gasteiger partial charge is 0.00133 e. The van der Waals surface area contributed by atoms with Gasteiger partial charge in [-0.05, 0) is 138 Å². The molecule has 0 amide bonds. The molecule has 4 saturated carbocycles. The van der Waals surface area contributed by atoms with Gasteiger partial charge in [-0.3, -0.25) is 0 Å².